The van der Waals surface area contributed by atoms with E-state index in [9.17, 15) is 9.59 Å². The van der Waals surface area contributed by atoms with Crippen molar-refractivity contribution in [2.75, 3.05) is 6.54 Å². The van der Waals surface area contributed by atoms with Crippen LogP contribution in [0.4, 0.5) is 0 Å². The van der Waals surface area contributed by atoms with Gasteiger partial charge in [0, 0.05) is 30.4 Å². The summed E-state index contributed by atoms with van der Waals surface area (Å²) in [5, 5.41) is 3.59. The van der Waals surface area contributed by atoms with Crippen LogP contribution in [-0.4, -0.2) is 18.2 Å². The first-order valence-corrected chi connectivity index (χ1v) is 6.07. The molecule has 1 unspecified atom stereocenters. The minimum absolute atomic E-state index is 0.0169. The number of benzene rings is 1. The molecule has 0 aromatic heterocycles. The molecule has 1 heterocycles. The van der Waals surface area contributed by atoms with Crippen LogP contribution in [0.1, 0.15) is 28.8 Å². The lowest BCUT2D eigenvalue weighted by molar-refractivity contribution is -0.119. The molecule has 0 radical (unpaired) electrons. The van der Waals surface area contributed by atoms with Gasteiger partial charge in [0.15, 0.2) is 5.78 Å². The number of carbonyl (C=O) groups is 2. The van der Waals surface area contributed by atoms with Gasteiger partial charge >= 0.3 is 0 Å². The lowest BCUT2D eigenvalue weighted by Gasteiger charge is -2.21. The van der Waals surface area contributed by atoms with E-state index in [4.69, 9.17) is 23.2 Å². The lowest BCUT2D eigenvalue weighted by atomic mass is 9.81. The molecule has 5 heteroatoms. The molecule has 1 fully saturated rings. The van der Waals surface area contributed by atoms with Gasteiger partial charge in [0.2, 0.25) is 5.91 Å². The van der Waals surface area contributed by atoms with Crippen molar-refractivity contribution in [3.05, 3.63) is 33.3 Å². The number of fused-ring (bicyclic) bond motifs is 2. The molecule has 3 rings (SSSR count). The van der Waals surface area contributed by atoms with Crippen LogP contribution in [0.2, 0.25) is 10.0 Å². The van der Waals surface area contributed by atoms with Gasteiger partial charge in [-0.1, -0.05) is 23.2 Å². The highest BCUT2D eigenvalue weighted by Crippen LogP contribution is 2.45. The predicted octanol–water partition coefficient (Wildman–Crippen LogP) is 2.34. The van der Waals surface area contributed by atoms with Gasteiger partial charge in [0.1, 0.15) is 0 Å². The van der Waals surface area contributed by atoms with Crippen molar-refractivity contribution >= 4 is 34.9 Å². The van der Waals surface area contributed by atoms with Gasteiger partial charge in [-0.15, -0.1) is 0 Å². The minimum Gasteiger partial charge on any atom is -0.355 e. The zero-order valence-electron chi connectivity index (χ0n) is 8.85. The van der Waals surface area contributed by atoms with Gasteiger partial charge in [-0.25, -0.2) is 0 Å². The SMILES string of the molecule is O=C1CC2(CN1)CC(=O)c1cc(Cl)c(Cl)cc12. The predicted molar refractivity (Wildman–Crippen MR) is 64.7 cm³/mol. The number of ketones is 1. The highest BCUT2D eigenvalue weighted by Gasteiger charge is 2.48. The average Bonchev–Trinajstić information content (AvgIpc) is 2.74. The quantitative estimate of drug-likeness (QED) is 0.786. The Morgan fingerprint density at radius 2 is 1.82 bits per heavy atom. The van der Waals surface area contributed by atoms with Gasteiger partial charge in [0.25, 0.3) is 0 Å². The van der Waals surface area contributed by atoms with Gasteiger partial charge in [-0.2, -0.15) is 0 Å². The summed E-state index contributed by atoms with van der Waals surface area (Å²) in [6.45, 7) is 0.503. The van der Waals surface area contributed by atoms with Crippen LogP contribution in [0.3, 0.4) is 0 Å². The van der Waals surface area contributed by atoms with E-state index in [1.165, 1.54) is 0 Å². The Labute approximate surface area is 108 Å². The topological polar surface area (TPSA) is 46.2 Å². The molecule has 1 N–H and O–H groups in total. The summed E-state index contributed by atoms with van der Waals surface area (Å²) in [5.41, 5.74) is 1.06. The molecule has 2 aliphatic rings. The summed E-state index contributed by atoms with van der Waals surface area (Å²) < 4.78 is 0. The van der Waals surface area contributed by atoms with E-state index in [-0.39, 0.29) is 11.7 Å². The van der Waals surface area contributed by atoms with Gasteiger partial charge in [-0.05, 0) is 17.7 Å². The first-order chi connectivity index (χ1) is 8.02. The molecule has 1 aromatic rings. The molecule has 1 aromatic carbocycles. The molecule has 1 atom stereocenters. The first kappa shape index (κ1) is 11.1. The summed E-state index contributed by atoms with van der Waals surface area (Å²) in [7, 11) is 0. The fourth-order valence-electron chi connectivity index (χ4n) is 2.73. The average molecular weight is 270 g/mol. The fraction of sp³-hybridized carbons (Fsp3) is 0.333. The Bertz CT molecular complexity index is 556. The maximum absolute atomic E-state index is 12.0. The van der Waals surface area contributed by atoms with Crippen molar-refractivity contribution in [1.82, 2.24) is 5.32 Å². The van der Waals surface area contributed by atoms with E-state index in [0.717, 1.165) is 5.56 Å². The maximum Gasteiger partial charge on any atom is 0.221 e. The second-order valence-corrected chi connectivity index (χ2v) is 5.46. The Hall–Kier alpha value is -1.06. The Morgan fingerprint density at radius 1 is 1.12 bits per heavy atom. The molecule has 1 saturated heterocycles. The minimum atomic E-state index is -0.405. The van der Waals surface area contributed by atoms with E-state index >= 15 is 0 Å². The molecule has 1 aliphatic heterocycles. The number of halogens is 2. The van der Waals surface area contributed by atoms with Gasteiger partial charge < -0.3 is 5.32 Å². The third-order valence-corrected chi connectivity index (χ3v) is 4.28. The molecule has 1 amide bonds. The van der Waals surface area contributed by atoms with E-state index in [1.807, 2.05) is 0 Å². The fourth-order valence-corrected chi connectivity index (χ4v) is 3.06. The standard InChI is InChI=1S/C12H9Cl2NO2/c13-8-1-6-7(2-9(8)14)12(3-10(6)16)4-11(17)15-5-12/h1-2H,3-5H2,(H,15,17). The lowest BCUT2D eigenvalue weighted by Crippen LogP contribution is -2.26. The normalized spacial score (nSPS) is 26.5. The molecule has 3 nitrogen and oxygen atoms in total. The van der Waals surface area contributed by atoms with Gasteiger partial charge in [-0.3, -0.25) is 9.59 Å². The monoisotopic (exact) mass is 269 g/mol. The van der Waals surface area contributed by atoms with Crippen molar-refractivity contribution in [2.24, 2.45) is 0 Å². The van der Waals surface area contributed by atoms with Crippen LogP contribution < -0.4 is 5.32 Å². The molecule has 0 saturated carbocycles. The van der Waals surface area contributed by atoms with E-state index in [2.05, 4.69) is 5.32 Å². The van der Waals surface area contributed by atoms with E-state index in [1.54, 1.807) is 12.1 Å². The van der Waals surface area contributed by atoms with Crippen molar-refractivity contribution in [2.45, 2.75) is 18.3 Å². The molecule has 88 valence electrons. The summed E-state index contributed by atoms with van der Waals surface area (Å²) in [5.74, 6) is 0.0202. The third kappa shape index (κ3) is 1.49. The molecule has 1 spiro atoms. The Morgan fingerprint density at radius 3 is 2.47 bits per heavy atom. The van der Waals surface area contributed by atoms with Crippen LogP contribution >= 0.6 is 23.2 Å². The van der Waals surface area contributed by atoms with Crippen LogP contribution in [0.15, 0.2) is 12.1 Å². The number of amides is 1. The van der Waals surface area contributed by atoms with Crippen LogP contribution in [0.25, 0.3) is 0 Å². The van der Waals surface area contributed by atoms with Crippen LogP contribution in [-0.2, 0) is 10.2 Å². The van der Waals surface area contributed by atoms with Crippen LogP contribution in [0, 0.1) is 0 Å². The zero-order chi connectivity index (χ0) is 12.2. The highest BCUT2D eigenvalue weighted by molar-refractivity contribution is 6.42. The van der Waals surface area contributed by atoms with Crippen molar-refractivity contribution in [3.63, 3.8) is 0 Å². The van der Waals surface area contributed by atoms with E-state index in [0.29, 0.717) is 35.0 Å². The summed E-state index contributed by atoms with van der Waals surface area (Å²) >= 11 is 11.9. The third-order valence-electron chi connectivity index (χ3n) is 3.55. The molecular weight excluding hydrogens is 261 g/mol. The Balaban J connectivity index is 2.19. The van der Waals surface area contributed by atoms with Gasteiger partial charge in [0.05, 0.1) is 10.0 Å². The molecule has 1 aliphatic carbocycles. The molecule has 17 heavy (non-hydrogen) atoms. The van der Waals surface area contributed by atoms with Crippen molar-refractivity contribution < 1.29 is 9.59 Å². The summed E-state index contributed by atoms with van der Waals surface area (Å²) in [4.78, 5) is 23.3. The number of hydrogen-bond donors (Lipinski definition) is 1. The molecular formula is C12H9Cl2NO2. The largest absolute Gasteiger partial charge is 0.355 e. The van der Waals surface area contributed by atoms with E-state index < -0.39 is 5.41 Å². The van der Waals surface area contributed by atoms with Crippen LogP contribution in [0.5, 0.6) is 0 Å². The highest BCUT2D eigenvalue weighted by atomic mass is 35.5. The second-order valence-electron chi connectivity index (χ2n) is 4.65. The second kappa shape index (κ2) is 3.47. The number of carbonyl (C=O) groups excluding carboxylic acids is 2. The summed E-state index contributed by atoms with van der Waals surface area (Å²) in [6.07, 6.45) is 0.710. The van der Waals surface area contributed by atoms with Crippen molar-refractivity contribution in [3.8, 4) is 0 Å². The number of hydrogen-bond acceptors (Lipinski definition) is 2. The zero-order valence-corrected chi connectivity index (χ0v) is 10.4. The maximum atomic E-state index is 12.0. The smallest absolute Gasteiger partial charge is 0.221 e. The Kier molecular flexibility index (Phi) is 2.25. The molecule has 0 bridgehead atoms. The van der Waals surface area contributed by atoms with Crippen molar-refractivity contribution in [1.29, 1.82) is 0 Å². The number of Topliss-reactive ketones (excluding diaryl/α,β-unsaturated/α-hetero) is 1. The number of nitrogens with one attached hydrogen (secondary N) is 1. The number of rotatable bonds is 0. The summed E-state index contributed by atoms with van der Waals surface area (Å²) in [6, 6.07) is 3.34. The first-order valence-electron chi connectivity index (χ1n) is 5.31.